The van der Waals surface area contributed by atoms with Crippen molar-refractivity contribution in [1.29, 1.82) is 0 Å². The van der Waals surface area contributed by atoms with Gasteiger partial charge in [0.15, 0.2) is 9.84 Å². The molecule has 1 unspecified atom stereocenters. The first-order valence-electron chi connectivity index (χ1n) is 7.39. The zero-order chi connectivity index (χ0) is 16.0. The zero-order valence-electron chi connectivity index (χ0n) is 12.3. The van der Waals surface area contributed by atoms with Crippen LogP contribution >= 0.6 is 0 Å². The fourth-order valence-corrected chi connectivity index (χ4v) is 4.81. The van der Waals surface area contributed by atoms with Crippen LogP contribution in [-0.2, 0) is 26.6 Å². The summed E-state index contributed by atoms with van der Waals surface area (Å²) >= 11 is 0. The first-order valence-corrected chi connectivity index (χ1v) is 9.04. The van der Waals surface area contributed by atoms with E-state index >= 15 is 0 Å². The maximum atomic E-state index is 12.4. The van der Waals surface area contributed by atoms with Gasteiger partial charge >= 0.3 is 6.03 Å². The van der Waals surface area contributed by atoms with Gasteiger partial charge in [-0.25, -0.2) is 13.2 Å². The Labute approximate surface area is 129 Å². The number of hydrogen-bond acceptors (Lipinski definition) is 4. The Hall–Kier alpha value is -1.89. The Bertz CT molecular complexity index is 757. The lowest BCUT2D eigenvalue weighted by Crippen LogP contribution is -2.48. The number of benzene rings is 1. The lowest BCUT2D eigenvalue weighted by molar-refractivity contribution is -0.124. The van der Waals surface area contributed by atoms with E-state index in [0.29, 0.717) is 5.56 Å². The highest BCUT2D eigenvalue weighted by atomic mass is 32.2. The minimum atomic E-state index is -3.43. The second-order valence-electron chi connectivity index (χ2n) is 5.82. The normalized spacial score (nSPS) is 25.7. The molecule has 0 aromatic heterocycles. The molecule has 2 aliphatic heterocycles. The number of unbranched alkanes of at least 4 members (excludes halogenated alkanes) is 1. The third-order valence-corrected chi connectivity index (χ3v) is 6.10. The van der Waals surface area contributed by atoms with Gasteiger partial charge in [-0.3, -0.25) is 10.1 Å². The molecule has 118 valence electrons. The summed E-state index contributed by atoms with van der Waals surface area (Å²) in [6.45, 7) is 2.07. The van der Waals surface area contributed by atoms with E-state index in [1.807, 2.05) is 6.07 Å². The van der Waals surface area contributed by atoms with Crippen molar-refractivity contribution in [3.63, 3.8) is 0 Å². The summed E-state index contributed by atoms with van der Waals surface area (Å²) in [5.74, 6) is -0.625. The highest BCUT2D eigenvalue weighted by Gasteiger charge is 2.52. The fraction of sp³-hybridized carbons (Fsp3) is 0.467. The van der Waals surface area contributed by atoms with E-state index in [0.717, 1.165) is 24.8 Å². The predicted molar refractivity (Wildman–Crippen MR) is 80.1 cm³/mol. The molecular weight excluding hydrogens is 304 g/mol. The van der Waals surface area contributed by atoms with E-state index in [9.17, 15) is 18.0 Å². The molecule has 22 heavy (non-hydrogen) atoms. The van der Waals surface area contributed by atoms with Gasteiger partial charge < -0.3 is 5.32 Å². The highest BCUT2D eigenvalue weighted by Crippen LogP contribution is 2.39. The lowest BCUT2D eigenvalue weighted by atomic mass is 9.86. The molecule has 1 aromatic carbocycles. The Morgan fingerprint density at radius 3 is 2.68 bits per heavy atom. The molecule has 7 heteroatoms. The van der Waals surface area contributed by atoms with Crippen molar-refractivity contribution in [2.24, 2.45) is 0 Å². The lowest BCUT2D eigenvalue weighted by Gasteiger charge is -2.32. The van der Waals surface area contributed by atoms with E-state index < -0.39 is 27.3 Å². The van der Waals surface area contributed by atoms with Gasteiger partial charge in [0.05, 0.1) is 10.6 Å². The van der Waals surface area contributed by atoms with Crippen molar-refractivity contribution >= 4 is 21.8 Å². The van der Waals surface area contributed by atoms with Gasteiger partial charge in [-0.05, 0) is 30.9 Å². The maximum absolute atomic E-state index is 12.4. The molecule has 1 atom stereocenters. The van der Waals surface area contributed by atoms with E-state index in [1.54, 1.807) is 12.1 Å². The number of rotatable bonds is 3. The molecule has 1 aromatic rings. The molecule has 0 aliphatic carbocycles. The Balaban J connectivity index is 2.13. The van der Waals surface area contributed by atoms with Crippen LogP contribution in [0.5, 0.6) is 0 Å². The minimum Gasteiger partial charge on any atom is -0.319 e. The van der Waals surface area contributed by atoms with Crippen LogP contribution in [0.1, 0.15) is 37.3 Å². The summed E-state index contributed by atoms with van der Waals surface area (Å²) < 4.78 is 24.8. The van der Waals surface area contributed by atoms with Gasteiger partial charge in [0.2, 0.25) is 0 Å². The quantitative estimate of drug-likeness (QED) is 0.819. The van der Waals surface area contributed by atoms with Crippen molar-refractivity contribution < 1.29 is 18.0 Å². The third-order valence-electron chi connectivity index (χ3n) is 4.35. The summed E-state index contributed by atoms with van der Waals surface area (Å²) in [7, 11) is -3.43. The van der Waals surface area contributed by atoms with E-state index in [2.05, 4.69) is 17.6 Å². The number of amides is 3. The molecule has 1 fully saturated rings. The number of carbonyl (C=O) groups is 2. The molecule has 0 radical (unpaired) electrons. The topological polar surface area (TPSA) is 92.3 Å². The van der Waals surface area contributed by atoms with Gasteiger partial charge in [0.1, 0.15) is 5.54 Å². The van der Waals surface area contributed by atoms with Crippen molar-refractivity contribution in [2.75, 3.05) is 5.75 Å². The molecule has 0 saturated carbocycles. The predicted octanol–water partition coefficient (Wildman–Crippen LogP) is 1.24. The third kappa shape index (κ3) is 2.20. The number of urea groups is 1. The standard InChI is InChI=1S/C15H18N2O4S/c1-2-3-4-10-5-6-11-12(9-10)22(20,21)8-7-15(11)13(18)16-14(19)17-15/h5-6,9H,2-4,7-8H2,1H3,(H2,16,17,18,19). The number of imide groups is 1. The monoisotopic (exact) mass is 322 g/mol. The molecule has 3 amide bonds. The summed E-state index contributed by atoms with van der Waals surface area (Å²) in [6.07, 6.45) is 2.85. The van der Waals surface area contributed by atoms with E-state index in [1.165, 1.54) is 0 Å². The first-order chi connectivity index (χ1) is 10.4. The Morgan fingerprint density at radius 2 is 2.05 bits per heavy atom. The van der Waals surface area contributed by atoms with Gasteiger partial charge in [0.25, 0.3) is 5.91 Å². The largest absolute Gasteiger partial charge is 0.322 e. The van der Waals surface area contributed by atoms with Gasteiger partial charge in [-0.1, -0.05) is 25.5 Å². The van der Waals surface area contributed by atoms with Crippen LogP contribution in [0, 0.1) is 0 Å². The summed E-state index contributed by atoms with van der Waals surface area (Å²) in [4.78, 5) is 23.9. The van der Waals surface area contributed by atoms with Gasteiger partial charge in [-0.15, -0.1) is 0 Å². The summed E-state index contributed by atoms with van der Waals surface area (Å²) in [5.41, 5.74) is 0.0643. The van der Waals surface area contributed by atoms with Crippen molar-refractivity contribution in [2.45, 2.75) is 43.0 Å². The number of fused-ring (bicyclic) bond motifs is 2. The van der Waals surface area contributed by atoms with Crippen LogP contribution < -0.4 is 10.6 Å². The molecule has 0 bridgehead atoms. The smallest absolute Gasteiger partial charge is 0.319 e. The first kappa shape index (κ1) is 15.0. The molecule has 3 rings (SSSR count). The van der Waals surface area contributed by atoms with Crippen LogP contribution in [0.15, 0.2) is 23.1 Å². The fourth-order valence-electron chi connectivity index (χ4n) is 3.10. The van der Waals surface area contributed by atoms with Crippen molar-refractivity contribution in [3.8, 4) is 0 Å². The van der Waals surface area contributed by atoms with Crippen molar-refractivity contribution in [3.05, 3.63) is 29.3 Å². The molecule has 2 aliphatic rings. The Morgan fingerprint density at radius 1 is 1.27 bits per heavy atom. The van der Waals surface area contributed by atoms with E-state index in [4.69, 9.17) is 0 Å². The maximum Gasteiger partial charge on any atom is 0.322 e. The number of hydrogen-bond donors (Lipinski definition) is 2. The van der Waals surface area contributed by atoms with Crippen LogP contribution in [0.4, 0.5) is 4.79 Å². The van der Waals surface area contributed by atoms with Crippen LogP contribution in [0.25, 0.3) is 0 Å². The second-order valence-corrected chi connectivity index (χ2v) is 7.89. The molecular formula is C15H18N2O4S. The molecule has 2 N–H and O–H groups in total. The molecule has 2 heterocycles. The molecule has 1 spiro atoms. The second kappa shape index (κ2) is 5.08. The molecule has 1 saturated heterocycles. The Kier molecular flexibility index (Phi) is 3.47. The number of carbonyl (C=O) groups excluding carboxylic acids is 2. The van der Waals surface area contributed by atoms with Crippen LogP contribution in [0.2, 0.25) is 0 Å². The SMILES string of the molecule is CCCCc1ccc2c(c1)S(=O)(=O)CCC21NC(=O)NC1=O. The number of aryl methyl sites for hydroxylation is 1. The van der Waals surface area contributed by atoms with Gasteiger partial charge in [0, 0.05) is 5.56 Å². The van der Waals surface area contributed by atoms with Gasteiger partial charge in [-0.2, -0.15) is 0 Å². The number of sulfone groups is 1. The highest BCUT2D eigenvalue weighted by molar-refractivity contribution is 7.91. The molecule has 6 nitrogen and oxygen atoms in total. The minimum absolute atomic E-state index is 0.0637. The van der Waals surface area contributed by atoms with Crippen molar-refractivity contribution in [1.82, 2.24) is 10.6 Å². The average Bonchev–Trinajstić information content (AvgIpc) is 2.76. The van der Waals surface area contributed by atoms with Crippen LogP contribution in [0.3, 0.4) is 0 Å². The summed E-state index contributed by atoms with van der Waals surface area (Å²) in [5, 5.41) is 4.82. The number of nitrogens with one attached hydrogen (secondary N) is 2. The van der Waals surface area contributed by atoms with E-state index in [-0.39, 0.29) is 17.1 Å². The summed E-state index contributed by atoms with van der Waals surface area (Å²) in [6, 6.07) is 4.58. The average molecular weight is 322 g/mol. The van der Waals surface area contributed by atoms with Crippen LogP contribution in [-0.4, -0.2) is 26.1 Å². The zero-order valence-corrected chi connectivity index (χ0v) is 13.1.